The first kappa shape index (κ1) is 16.1. The average molecular weight is 242 g/mol. The summed E-state index contributed by atoms with van der Waals surface area (Å²) in [5.74, 6) is -0.242. The molecule has 0 atom stereocenters. The van der Waals surface area contributed by atoms with Gasteiger partial charge in [-0.3, -0.25) is 4.90 Å². The van der Waals surface area contributed by atoms with Crippen molar-refractivity contribution in [3.63, 3.8) is 0 Å². The van der Waals surface area contributed by atoms with Crippen molar-refractivity contribution in [2.75, 3.05) is 47.4 Å². The zero-order valence-electron chi connectivity index (χ0n) is 11.8. The van der Waals surface area contributed by atoms with Gasteiger partial charge >= 0.3 is 5.97 Å². The van der Waals surface area contributed by atoms with E-state index in [1.165, 1.54) is 7.11 Å². The molecule has 0 heterocycles. The van der Waals surface area contributed by atoms with Crippen LogP contribution in [-0.4, -0.2) is 63.2 Å². The van der Waals surface area contributed by atoms with E-state index in [0.717, 1.165) is 32.6 Å². The summed E-state index contributed by atoms with van der Waals surface area (Å²) in [6, 6.07) is 0. The summed E-state index contributed by atoms with van der Waals surface area (Å²) in [5.41, 5.74) is 0.679. The van der Waals surface area contributed by atoms with Crippen molar-refractivity contribution < 1.29 is 9.53 Å². The first-order valence-electron chi connectivity index (χ1n) is 6.13. The Labute approximate surface area is 105 Å². The highest BCUT2D eigenvalue weighted by Gasteiger charge is 2.06. The predicted octanol–water partition coefficient (Wildman–Crippen LogP) is 1.38. The van der Waals surface area contributed by atoms with Gasteiger partial charge in [0.2, 0.25) is 0 Å². The van der Waals surface area contributed by atoms with E-state index in [1.807, 2.05) is 6.08 Å². The molecular formula is C13H26N2O2. The smallest absolute Gasteiger partial charge is 0.333 e. The third kappa shape index (κ3) is 7.94. The highest BCUT2D eigenvalue weighted by molar-refractivity contribution is 5.87. The molecule has 0 aromatic carbocycles. The maximum atomic E-state index is 11.2. The zero-order chi connectivity index (χ0) is 13.3. The Morgan fingerprint density at radius 2 is 1.88 bits per heavy atom. The molecule has 0 aliphatic carbocycles. The molecule has 0 aliphatic rings. The number of methoxy groups -OCH3 is 1. The van der Waals surface area contributed by atoms with E-state index in [-0.39, 0.29) is 5.97 Å². The minimum absolute atomic E-state index is 0.242. The average Bonchev–Trinajstić information content (AvgIpc) is 2.31. The number of carbonyl (C=O) groups is 1. The van der Waals surface area contributed by atoms with Gasteiger partial charge in [0.25, 0.3) is 0 Å². The molecule has 0 saturated carbocycles. The number of nitrogens with zero attached hydrogens (tertiary/aromatic N) is 2. The van der Waals surface area contributed by atoms with E-state index in [1.54, 1.807) is 6.92 Å². The van der Waals surface area contributed by atoms with Crippen molar-refractivity contribution in [2.24, 2.45) is 0 Å². The van der Waals surface area contributed by atoms with Crippen molar-refractivity contribution in [1.29, 1.82) is 0 Å². The summed E-state index contributed by atoms with van der Waals surface area (Å²) in [7, 11) is 5.55. The Bertz CT molecular complexity index is 250. The molecule has 0 unspecified atom stereocenters. The van der Waals surface area contributed by atoms with Gasteiger partial charge in [0.05, 0.1) is 7.11 Å². The molecule has 0 N–H and O–H groups in total. The molecule has 0 bridgehead atoms. The quantitative estimate of drug-likeness (QED) is 0.475. The Hall–Kier alpha value is -0.870. The van der Waals surface area contributed by atoms with Gasteiger partial charge in [0, 0.05) is 25.2 Å². The first-order chi connectivity index (χ1) is 8.01. The van der Waals surface area contributed by atoms with Crippen LogP contribution in [0, 0.1) is 0 Å². The van der Waals surface area contributed by atoms with Crippen LogP contribution in [0.25, 0.3) is 0 Å². The maximum absolute atomic E-state index is 11.2. The van der Waals surface area contributed by atoms with Crippen LogP contribution in [0.5, 0.6) is 0 Å². The molecule has 17 heavy (non-hydrogen) atoms. The van der Waals surface area contributed by atoms with E-state index in [2.05, 4.69) is 35.6 Å². The Morgan fingerprint density at radius 3 is 2.35 bits per heavy atom. The first-order valence-corrected chi connectivity index (χ1v) is 6.13. The third-order valence-corrected chi connectivity index (χ3v) is 2.57. The van der Waals surface area contributed by atoms with Crippen LogP contribution < -0.4 is 0 Å². The van der Waals surface area contributed by atoms with E-state index < -0.39 is 0 Å². The second kappa shape index (κ2) is 9.19. The van der Waals surface area contributed by atoms with E-state index in [0.29, 0.717) is 5.57 Å². The Kier molecular flexibility index (Phi) is 8.72. The number of carbonyl (C=O) groups excluding carboxylic acids is 1. The summed E-state index contributed by atoms with van der Waals surface area (Å²) in [5, 5.41) is 0. The molecule has 0 rings (SSSR count). The Morgan fingerprint density at radius 1 is 1.24 bits per heavy atom. The molecule has 0 aliphatic heterocycles. The normalized spacial score (nSPS) is 12.3. The predicted molar refractivity (Wildman–Crippen MR) is 71.1 cm³/mol. The minimum Gasteiger partial charge on any atom is -0.466 e. The number of esters is 1. The largest absolute Gasteiger partial charge is 0.466 e. The number of likely N-dealkylation sites (N-methyl/N-ethyl adjacent to an activating group) is 1. The topological polar surface area (TPSA) is 32.8 Å². The summed E-state index contributed by atoms with van der Waals surface area (Å²) in [6.07, 6.45) is 3.07. The monoisotopic (exact) mass is 242 g/mol. The fraction of sp³-hybridized carbons (Fsp3) is 0.769. The molecule has 100 valence electrons. The molecule has 0 saturated heterocycles. The van der Waals surface area contributed by atoms with Gasteiger partial charge in [-0.05, 0) is 34.0 Å². The van der Waals surface area contributed by atoms with Gasteiger partial charge in [0.15, 0.2) is 0 Å². The van der Waals surface area contributed by atoms with Crippen LogP contribution in [0.15, 0.2) is 11.6 Å². The van der Waals surface area contributed by atoms with Gasteiger partial charge in [0.1, 0.15) is 0 Å². The highest BCUT2D eigenvalue weighted by atomic mass is 16.5. The lowest BCUT2D eigenvalue weighted by molar-refractivity contribution is -0.136. The fourth-order valence-corrected chi connectivity index (χ4v) is 1.46. The lowest BCUT2D eigenvalue weighted by Gasteiger charge is -2.22. The summed E-state index contributed by atoms with van der Waals surface area (Å²) >= 11 is 0. The Balaban J connectivity index is 4.19. The van der Waals surface area contributed by atoms with Gasteiger partial charge < -0.3 is 9.64 Å². The summed E-state index contributed by atoms with van der Waals surface area (Å²) in [4.78, 5) is 15.7. The molecule has 0 radical (unpaired) electrons. The zero-order valence-corrected chi connectivity index (χ0v) is 11.8. The molecule has 4 nitrogen and oxygen atoms in total. The van der Waals surface area contributed by atoms with E-state index in [9.17, 15) is 4.79 Å². The number of hydrogen-bond donors (Lipinski definition) is 0. The summed E-state index contributed by atoms with van der Waals surface area (Å²) in [6.45, 7) is 7.87. The molecular weight excluding hydrogens is 216 g/mol. The number of ether oxygens (including phenoxy) is 1. The van der Waals surface area contributed by atoms with Crippen LogP contribution in [0.1, 0.15) is 20.3 Å². The van der Waals surface area contributed by atoms with Gasteiger partial charge in [-0.15, -0.1) is 0 Å². The molecule has 0 fully saturated rings. The van der Waals surface area contributed by atoms with Gasteiger partial charge in [-0.1, -0.05) is 13.0 Å². The van der Waals surface area contributed by atoms with Crippen molar-refractivity contribution in [1.82, 2.24) is 9.80 Å². The molecule has 0 amide bonds. The lowest BCUT2D eigenvalue weighted by Crippen LogP contribution is -2.32. The second-order valence-electron chi connectivity index (χ2n) is 4.48. The highest BCUT2D eigenvalue weighted by Crippen LogP contribution is 1.99. The van der Waals surface area contributed by atoms with Crippen molar-refractivity contribution in [2.45, 2.75) is 20.3 Å². The van der Waals surface area contributed by atoms with Crippen LogP contribution >= 0.6 is 0 Å². The van der Waals surface area contributed by atoms with E-state index in [4.69, 9.17) is 0 Å². The van der Waals surface area contributed by atoms with Crippen molar-refractivity contribution >= 4 is 5.97 Å². The van der Waals surface area contributed by atoms with Crippen LogP contribution in [0.2, 0.25) is 0 Å². The fourth-order valence-electron chi connectivity index (χ4n) is 1.46. The third-order valence-electron chi connectivity index (χ3n) is 2.57. The standard InChI is InChI=1S/C13H26N2O2/c1-6-8-15(11-10-14(3)4)9-7-12(2)13(16)17-5/h7H,6,8-11H2,1-5H3. The second-order valence-corrected chi connectivity index (χ2v) is 4.48. The van der Waals surface area contributed by atoms with E-state index >= 15 is 0 Å². The minimum atomic E-state index is -0.242. The summed E-state index contributed by atoms with van der Waals surface area (Å²) < 4.78 is 4.67. The molecule has 0 aromatic heterocycles. The van der Waals surface area contributed by atoms with Crippen LogP contribution in [-0.2, 0) is 9.53 Å². The molecule has 0 spiro atoms. The van der Waals surface area contributed by atoms with Crippen molar-refractivity contribution in [3.8, 4) is 0 Å². The van der Waals surface area contributed by atoms with Crippen molar-refractivity contribution in [3.05, 3.63) is 11.6 Å². The SMILES string of the molecule is CCCN(CC=C(C)C(=O)OC)CCN(C)C. The van der Waals surface area contributed by atoms with Crippen LogP contribution in [0.3, 0.4) is 0 Å². The molecule has 0 aromatic rings. The van der Waals surface area contributed by atoms with Gasteiger partial charge in [-0.2, -0.15) is 0 Å². The van der Waals surface area contributed by atoms with Gasteiger partial charge in [-0.25, -0.2) is 4.79 Å². The lowest BCUT2D eigenvalue weighted by atomic mass is 10.2. The maximum Gasteiger partial charge on any atom is 0.333 e. The molecule has 4 heteroatoms. The van der Waals surface area contributed by atoms with Crippen LogP contribution in [0.4, 0.5) is 0 Å². The number of rotatable bonds is 8. The number of hydrogen-bond acceptors (Lipinski definition) is 4.